The summed E-state index contributed by atoms with van der Waals surface area (Å²) in [5.41, 5.74) is 9.48. The number of nitrogens with zero attached hydrogens (tertiary/aromatic N) is 1. The Morgan fingerprint density at radius 3 is 2.92 bits per heavy atom. The predicted molar refractivity (Wildman–Crippen MR) is 53.4 cm³/mol. The zero-order valence-electron chi connectivity index (χ0n) is 7.92. The Hall–Kier alpha value is -0.890. The van der Waals surface area contributed by atoms with Crippen LogP contribution < -0.4 is 5.73 Å². The molecule has 0 aliphatic heterocycles. The number of rotatable bonds is 1. The molecule has 1 aromatic rings. The molecule has 0 fully saturated rings. The normalized spacial score (nSPS) is 16.4. The molecule has 1 aromatic heterocycles. The third-order valence-corrected chi connectivity index (χ3v) is 2.71. The maximum absolute atomic E-state index is 5.58. The standard InChI is InChI=1S/C11H16N2/c12-7-9-6-10-4-2-1-3-5-11(10)13-8-9/h6,8H,1-5,7,12H2. The summed E-state index contributed by atoms with van der Waals surface area (Å²) in [7, 11) is 0. The molecule has 0 amide bonds. The average Bonchev–Trinajstić information content (AvgIpc) is 2.41. The van der Waals surface area contributed by atoms with Gasteiger partial charge >= 0.3 is 0 Å². The van der Waals surface area contributed by atoms with Crippen LogP contribution in [0.25, 0.3) is 0 Å². The molecule has 0 saturated carbocycles. The van der Waals surface area contributed by atoms with E-state index in [-0.39, 0.29) is 0 Å². The van der Waals surface area contributed by atoms with E-state index in [9.17, 15) is 0 Å². The molecule has 0 unspecified atom stereocenters. The maximum Gasteiger partial charge on any atom is 0.0435 e. The van der Waals surface area contributed by atoms with Crippen LogP contribution in [0.2, 0.25) is 0 Å². The van der Waals surface area contributed by atoms with Crippen molar-refractivity contribution in [1.29, 1.82) is 0 Å². The third kappa shape index (κ3) is 1.89. The van der Waals surface area contributed by atoms with Crippen molar-refractivity contribution in [2.75, 3.05) is 0 Å². The van der Waals surface area contributed by atoms with Crippen LogP contribution >= 0.6 is 0 Å². The number of nitrogens with two attached hydrogens (primary N) is 1. The van der Waals surface area contributed by atoms with Crippen LogP contribution in [0.5, 0.6) is 0 Å². The van der Waals surface area contributed by atoms with E-state index >= 15 is 0 Å². The number of fused-ring (bicyclic) bond motifs is 1. The van der Waals surface area contributed by atoms with Crippen molar-refractivity contribution in [2.24, 2.45) is 5.73 Å². The lowest BCUT2D eigenvalue weighted by Crippen LogP contribution is -2.01. The van der Waals surface area contributed by atoms with E-state index in [1.165, 1.54) is 42.5 Å². The minimum Gasteiger partial charge on any atom is -0.326 e. The van der Waals surface area contributed by atoms with Gasteiger partial charge in [0.2, 0.25) is 0 Å². The molecular weight excluding hydrogens is 160 g/mol. The fourth-order valence-corrected chi connectivity index (χ4v) is 1.93. The fraction of sp³-hybridized carbons (Fsp3) is 0.545. The van der Waals surface area contributed by atoms with Gasteiger partial charge in [0.15, 0.2) is 0 Å². The van der Waals surface area contributed by atoms with Gasteiger partial charge in [0.1, 0.15) is 0 Å². The first kappa shape index (κ1) is 8.70. The molecule has 13 heavy (non-hydrogen) atoms. The van der Waals surface area contributed by atoms with Crippen LogP contribution in [0.4, 0.5) is 0 Å². The third-order valence-electron chi connectivity index (χ3n) is 2.71. The van der Waals surface area contributed by atoms with Crippen molar-refractivity contribution in [2.45, 2.75) is 38.6 Å². The summed E-state index contributed by atoms with van der Waals surface area (Å²) in [5.74, 6) is 0. The minimum absolute atomic E-state index is 0.611. The summed E-state index contributed by atoms with van der Waals surface area (Å²) >= 11 is 0. The number of pyridine rings is 1. The van der Waals surface area contributed by atoms with Gasteiger partial charge in [-0.15, -0.1) is 0 Å². The molecule has 2 heteroatoms. The fourth-order valence-electron chi connectivity index (χ4n) is 1.93. The summed E-state index contributed by atoms with van der Waals surface area (Å²) in [6, 6.07) is 2.23. The smallest absolute Gasteiger partial charge is 0.0435 e. The highest BCUT2D eigenvalue weighted by Gasteiger charge is 2.08. The topological polar surface area (TPSA) is 38.9 Å². The van der Waals surface area contributed by atoms with Crippen LogP contribution in [0.1, 0.15) is 36.1 Å². The number of aryl methyl sites for hydroxylation is 2. The Kier molecular flexibility index (Phi) is 2.60. The van der Waals surface area contributed by atoms with Gasteiger partial charge in [0.25, 0.3) is 0 Å². The quantitative estimate of drug-likeness (QED) is 0.663. The van der Waals surface area contributed by atoms with Gasteiger partial charge in [-0.2, -0.15) is 0 Å². The van der Waals surface area contributed by atoms with Gasteiger partial charge < -0.3 is 5.73 Å². The SMILES string of the molecule is NCc1cnc2c(c1)CCCCC2. The highest BCUT2D eigenvalue weighted by molar-refractivity contribution is 5.26. The summed E-state index contributed by atoms with van der Waals surface area (Å²) in [6.45, 7) is 0.611. The van der Waals surface area contributed by atoms with Crippen molar-refractivity contribution < 1.29 is 0 Å². The minimum atomic E-state index is 0.611. The second-order valence-electron chi connectivity index (χ2n) is 3.71. The maximum atomic E-state index is 5.58. The monoisotopic (exact) mass is 176 g/mol. The van der Waals surface area contributed by atoms with E-state index < -0.39 is 0 Å². The second kappa shape index (κ2) is 3.88. The average molecular weight is 176 g/mol. The van der Waals surface area contributed by atoms with E-state index in [4.69, 9.17) is 5.73 Å². The van der Waals surface area contributed by atoms with Gasteiger partial charge in [-0.3, -0.25) is 4.98 Å². The van der Waals surface area contributed by atoms with Gasteiger partial charge in [0, 0.05) is 18.4 Å². The van der Waals surface area contributed by atoms with Crippen LogP contribution in [0, 0.1) is 0 Å². The Bertz CT molecular complexity index is 294. The van der Waals surface area contributed by atoms with E-state index in [0.717, 1.165) is 6.42 Å². The van der Waals surface area contributed by atoms with Gasteiger partial charge in [-0.1, -0.05) is 12.5 Å². The van der Waals surface area contributed by atoms with Crippen molar-refractivity contribution >= 4 is 0 Å². The second-order valence-corrected chi connectivity index (χ2v) is 3.71. The highest BCUT2D eigenvalue weighted by atomic mass is 14.7. The van der Waals surface area contributed by atoms with E-state index in [2.05, 4.69) is 11.1 Å². The first-order valence-corrected chi connectivity index (χ1v) is 5.07. The summed E-state index contributed by atoms with van der Waals surface area (Å²) in [4.78, 5) is 4.47. The van der Waals surface area contributed by atoms with Crippen molar-refractivity contribution in [3.63, 3.8) is 0 Å². The van der Waals surface area contributed by atoms with Crippen LogP contribution in [0.15, 0.2) is 12.3 Å². The molecular formula is C11H16N2. The van der Waals surface area contributed by atoms with E-state index in [1.54, 1.807) is 0 Å². The zero-order valence-corrected chi connectivity index (χ0v) is 7.92. The van der Waals surface area contributed by atoms with E-state index in [1.807, 2.05) is 6.20 Å². The van der Waals surface area contributed by atoms with E-state index in [0.29, 0.717) is 6.54 Å². The lowest BCUT2D eigenvalue weighted by atomic mass is 10.1. The number of hydrogen-bond acceptors (Lipinski definition) is 2. The molecule has 0 saturated heterocycles. The molecule has 1 aliphatic rings. The van der Waals surface area contributed by atoms with Crippen LogP contribution in [-0.4, -0.2) is 4.98 Å². The lowest BCUT2D eigenvalue weighted by Gasteiger charge is -2.05. The molecule has 1 aliphatic carbocycles. The molecule has 0 bridgehead atoms. The van der Waals surface area contributed by atoms with Crippen LogP contribution in [0.3, 0.4) is 0 Å². The summed E-state index contributed by atoms with van der Waals surface area (Å²) in [5, 5.41) is 0. The van der Waals surface area contributed by atoms with Gasteiger partial charge in [0.05, 0.1) is 0 Å². The predicted octanol–water partition coefficient (Wildman–Crippen LogP) is 1.81. The van der Waals surface area contributed by atoms with Gasteiger partial charge in [-0.25, -0.2) is 0 Å². The number of aromatic nitrogens is 1. The van der Waals surface area contributed by atoms with Crippen LogP contribution in [-0.2, 0) is 19.4 Å². The molecule has 0 spiro atoms. The largest absolute Gasteiger partial charge is 0.326 e. The molecule has 0 aromatic carbocycles. The molecule has 2 rings (SSSR count). The molecule has 2 N–H and O–H groups in total. The Labute approximate surface area is 79.2 Å². The van der Waals surface area contributed by atoms with Crippen molar-refractivity contribution in [3.8, 4) is 0 Å². The lowest BCUT2D eigenvalue weighted by molar-refractivity contribution is 0.708. The Balaban J connectivity index is 2.32. The molecule has 0 atom stereocenters. The molecule has 2 nitrogen and oxygen atoms in total. The van der Waals surface area contributed by atoms with Gasteiger partial charge in [-0.05, 0) is 36.8 Å². The molecule has 1 heterocycles. The Morgan fingerprint density at radius 1 is 1.23 bits per heavy atom. The molecule has 70 valence electrons. The first-order chi connectivity index (χ1) is 6.40. The summed E-state index contributed by atoms with van der Waals surface area (Å²) in [6.07, 6.45) is 8.21. The number of hydrogen-bond donors (Lipinski definition) is 1. The van der Waals surface area contributed by atoms with Crippen molar-refractivity contribution in [1.82, 2.24) is 4.98 Å². The Morgan fingerprint density at radius 2 is 2.08 bits per heavy atom. The highest BCUT2D eigenvalue weighted by Crippen LogP contribution is 2.19. The molecule has 0 radical (unpaired) electrons. The summed E-state index contributed by atoms with van der Waals surface area (Å²) < 4.78 is 0. The first-order valence-electron chi connectivity index (χ1n) is 5.07. The zero-order chi connectivity index (χ0) is 9.10. The van der Waals surface area contributed by atoms with Crippen molar-refractivity contribution in [3.05, 3.63) is 29.1 Å².